The molecular weight excluding hydrogens is 284 g/mol. The van der Waals surface area contributed by atoms with Crippen molar-refractivity contribution in [3.63, 3.8) is 0 Å². The predicted molar refractivity (Wildman–Crippen MR) is 87.4 cm³/mol. The van der Waals surface area contributed by atoms with Crippen molar-refractivity contribution in [3.8, 4) is 0 Å². The Bertz CT molecular complexity index is 439. The van der Waals surface area contributed by atoms with E-state index in [-0.39, 0.29) is 11.9 Å². The number of benzene rings is 1. The zero-order valence-corrected chi connectivity index (χ0v) is 13.5. The Morgan fingerprint density at radius 3 is 2.33 bits per heavy atom. The highest BCUT2D eigenvalue weighted by atomic mass is 35.5. The number of rotatable bonds is 4. The molecule has 1 aliphatic rings. The third-order valence-corrected chi connectivity index (χ3v) is 4.45. The maximum absolute atomic E-state index is 12.3. The average Bonchev–Trinajstić information content (AvgIpc) is 2.45. The lowest BCUT2D eigenvalue weighted by Gasteiger charge is -2.29. The summed E-state index contributed by atoms with van der Waals surface area (Å²) in [6.45, 7) is 4.65. The van der Waals surface area contributed by atoms with Gasteiger partial charge in [-0.2, -0.15) is 0 Å². The molecule has 0 bridgehead atoms. The van der Waals surface area contributed by atoms with E-state index in [1.54, 1.807) is 0 Å². The quantitative estimate of drug-likeness (QED) is 0.921. The fraction of sp³-hybridized carbons (Fsp3) is 0.588. The molecule has 0 spiro atoms. The maximum Gasteiger partial charge on any atom is 0.237 e. The average molecular weight is 309 g/mol. The molecule has 1 amide bonds. The predicted octanol–water partition coefficient (Wildman–Crippen LogP) is 3.61. The van der Waals surface area contributed by atoms with Crippen LogP contribution in [0.4, 0.5) is 0 Å². The van der Waals surface area contributed by atoms with Crippen LogP contribution in [0.1, 0.15) is 44.6 Å². The van der Waals surface area contributed by atoms with Crippen molar-refractivity contribution in [3.05, 3.63) is 34.9 Å². The fourth-order valence-electron chi connectivity index (χ4n) is 2.76. The molecule has 0 aliphatic carbocycles. The van der Waals surface area contributed by atoms with Gasteiger partial charge in [0.25, 0.3) is 0 Å². The first-order valence-corrected chi connectivity index (χ1v) is 8.31. The lowest BCUT2D eigenvalue weighted by molar-refractivity contribution is -0.126. The van der Waals surface area contributed by atoms with Crippen LogP contribution in [0.25, 0.3) is 0 Å². The van der Waals surface area contributed by atoms with E-state index in [4.69, 9.17) is 11.6 Å². The van der Waals surface area contributed by atoms with Crippen LogP contribution in [-0.2, 0) is 11.3 Å². The normalized spacial score (nSPS) is 18.6. The minimum Gasteiger partial charge on any atom is -0.351 e. The first-order chi connectivity index (χ1) is 10.2. The summed E-state index contributed by atoms with van der Waals surface area (Å²) in [5.74, 6) is 0.116. The van der Waals surface area contributed by atoms with E-state index in [2.05, 4.69) is 10.2 Å². The minimum atomic E-state index is -0.0459. The summed E-state index contributed by atoms with van der Waals surface area (Å²) in [5, 5.41) is 3.75. The minimum absolute atomic E-state index is 0.0459. The smallest absolute Gasteiger partial charge is 0.237 e. The first kappa shape index (κ1) is 16.3. The van der Waals surface area contributed by atoms with Crippen LogP contribution in [0.3, 0.4) is 0 Å². The molecule has 1 saturated heterocycles. The third-order valence-electron chi connectivity index (χ3n) is 4.20. The van der Waals surface area contributed by atoms with E-state index in [9.17, 15) is 4.79 Å². The summed E-state index contributed by atoms with van der Waals surface area (Å²) in [4.78, 5) is 14.6. The number of nitrogens with one attached hydrogen (secondary N) is 1. The molecule has 0 radical (unpaired) electrons. The molecule has 1 fully saturated rings. The van der Waals surface area contributed by atoms with Gasteiger partial charge in [-0.15, -0.1) is 0 Å². The van der Waals surface area contributed by atoms with E-state index >= 15 is 0 Å². The summed E-state index contributed by atoms with van der Waals surface area (Å²) in [6, 6.07) is 7.55. The number of carbonyl (C=O) groups excluding carboxylic acids is 1. The van der Waals surface area contributed by atoms with Crippen molar-refractivity contribution in [1.82, 2.24) is 10.2 Å². The van der Waals surface area contributed by atoms with Crippen molar-refractivity contribution in [2.75, 3.05) is 13.1 Å². The highest BCUT2D eigenvalue weighted by molar-refractivity contribution is 6.30. The van der Waals surface area contributed by atoms with Crippen LogP contribution in [0.2, 0.25) is 5.02 Å². The molecule has 1 N–H and O–H groups in total. The summed E-state index contributed by atoms with van der Waals surface area (Å²) in [6.07, 6.45) is 6.32. The van der Waals surface area contributed by atoms with Crippen LogP contribution >= 0.6 is 11.6 Å². The van der Waals surface area contributed by atoms with E-state index in [1.807, 2.05) is 31.2 Å². The molecule has 0 aromatic heterocycles. The Morgan fingerprint density at radius 1 is 1.14 bits per heavy atom. The summed E-state index contributed by atoms with van der Waals surface area (Å²) >= 11 is 5.86. The van der Waals surface area contributed by atoms with E-state index in [0.717, 1.165) is 23.7 Å². The number of halogens is 1. The molecular formula is C17H25ClN2O. The van der Waals surface area contributed by atoms with Gasteiger partial charge in [0.05, 0.1) is 6.04 Å². The molecule has 1 aliphatic heterocycles. The van der Waals surface area contributed by atoms with Crippen LogP contribution < -0.4 is 5.32 Å². The zero-order chi connectivity index (χ0) is 15.1. The van der Waals surface area contributed by atoms with Crippen LogP contribution in [0, 0.1) is 0 Å². The number of nitrogens with zero attached hydrogens (tertiary/aromatic N) is 1. The number of likely N-dealkylation sites (tertiary alicyclic amines) is 1. The summed E-state index contributed by atoms with van der Waals surface area (Å²) in [5.41, 5.74) is 1.08. The maximum atomic E-state index is 12.3. The molecule has 1 heterocycles. The van der Waals surface area contributed by atoms with Crippen LogP contribution in [0.5, 0.6) is 0 Å². The standard InChI is InChI=1S/C17H25ClN2O/c1-14(20-11-5-3-2-4-6-12-20)17(21)19-13-15-7-9-16(18)10-8-15/h7-10,14H,2-6,11-13H2,1H3,(H,19,21). The molecule has 4 heteroatoms. The lowest BCUT2D eigenvalue weighted by Crippen LogP contribution is -2.46. The lowest BCUT2D eigenvalue weighted by atomic mass is 10.1. The molecule has 116 valence electrons. The third kappa shape index (κ3) is 5.33. The van der Waals surface area contributed by atoms with Gasteiger partial charge in [-0.05, 0) is 50.6 Å². The van der Waals surface area contributed by atoms with Gasteiger partial charge in [0.2, 0.25) is 5.91 Å². The molecule has 1 aromatic carbocycles. The highest BCUT2D eigenvalue weighted by Gasteiger charge is 2.21. The van der Waals surface area contributed by atoms with Crippen molar-refractivity contribution >= 4 is 17.5 Å². The SMILES string of the molecule is CC(C(=O)NCc1ccc(Cl)cc1)N1CCCCCCC1. The Labute approximate surface area is 132 Å². The fourth-order valence-corrected chi connectivity index (χ4v) is 2.89. The van der Waals surface area contributed by atoms with Crippen LogP contribution in [0.15, 0.2) is 24.3 Å². The van der Waals surface area contributed by atoms with Crippen molar-refractivity contribution in [2.24, 2.45) is 0 Å². The van der Waals surface area contributed by atoms with Gasteiger partial charge >= 0.3 is 0 Å². The van der Waals surface area contributed by atoms with E-state index in [1.165, 1.54) is 32.1 Å². The molecule has 3 nitrogen and oxygen atoms in total. The first-order valence-electron chi connectivity index (χ1n) is 7.93. The second-order valence-electron chi connectivity index (χ2n) is 5.82. The number of amides is 1. The molecule has 1 aromatic rings. The van der Waals surface area contributed by atoms with Gasteiger partial charge in [0.1, 0.15) is 0 Å². The second kappa shape index (κ2) is 8.40. The Morgan fingerprint density at radius 2 is 1.71 bits per heavy atom. The summed E-state index contributed by atoms with van der Waals surface area (Å²) in [7, 11) is 0. The van der Waals surface area contributed by atoms with Gasteiger partial charge in [0.15, 0.2) is 0 Å². The van der Waals surface area contributed by atoms with Crippen molar-refractivity contribution in [2.45, 2.75) is 51.6 Å². The largest absolute Gasteiger partial charge is 0.351 e. The molecule has 2 rings (SSSR count). The second-order valence-corrected chi connectivity index (χ2v) is 6.26. The topological polar surface area (TPSA) is 32.3 Å². The zero-order valence-electron chi connectivity index (χ0n) is 12.8. The van der Waals surface area contributed by atoms with Gasteiger partial charge in [-0.25, -0.2) is 0 Å². The summed E-state index contributed by atoms with van der Waals surface area (Å²) < 4.78 is 0. The molecule has 1 unspecified atom stereocenters. The Kier molecular flexibility index (Phi) is 6.52. The number of carbonyl (C=O) groups is 1. The Hall–Kier alpha value is -1.06. The van der Waals surface area contributed by atoms with Gasteiger partial charge in [0, 0.05) is 11.6 Å². The van der Waals surface area contributed by atoms with E-state index < -0.39 is 0 Å². The Balaban J connectivity index is 1.82. The highest BCUT2D eigenvalue weighted by Crippen LogP contribution is 2.13. The monoisotopic (exact) mass is 308 g/mol. The molecule has 1 atom stereocenters. The van der Waals surface area contributed by atoms with Crippen molar-refractivity contribution in [1.29, 1.82) is 0 Å². The van der Waals surface area contributed by atoms with Crippen LogP contribution in [-0.4, -0.2) is 29.9 Å². The van der Waals surface area contributed by atoms with Gasteiger partial charge in [-0.1, -0.05) is 43.0 Å². The van der Waals surface area contributed by atoms with Gasteiger partial charge < -0.3 is 5.32 Å². The number of hydrogen-bond donors (Lipinski definition) is 1. The van der Waals surface area contributed by atoms with Crippen molar-refractivity contribution < 1.29 is 4.79 Å². The van der Waals surface area contributed by atoms with E-state index in [0.29, 0.717) is 6.54 Å². The molecule has 0 saturated carbocycles. The molecule has 21 heavy (non-hydrogen) atoms. The van der Waals surface area contributed by atoms with Gasteiger partial charge in [-0.3, -0.25) is 9.69 Å². The number of hydrogen-bond acceptors (Lipinski definition) is 2.